The van der Waals surface area contributed by atoms with Gasteiger partial charge in [-0.05, 0) is 65.9 Å². The summed E-state index contributed by atoms with van der Waals surface area (Å²) in [7, 11) is 1.54. The molecule has 46 heavy (non-hydrogen) atoms. The largest absolute Gasteiger partial charge is 0.573 e. The van der Waals surface area contributed by atoms with Crippen molar-refractivity contribution in [2.45, 2.75) is 33.1 Å². The molecule has 0 atom stereocenters. The minimum Gasteiger partial charge on any atom is -0.497 e. The number of amides is 3. The lowest BCUT2D eigenvalue weighted by atomic mass is 10.00. The number of nitrogens with zero attached hydrogens (tertiary/aromatic N) is 6. The number of hydrogen-bond acceptors (Lipinski definition) is 8. The zero-order valence-electron chi connectivity index (χ0n) is 25.1. The van der Waals surface area contributed by atoms with Crippen molar-refractivity contribution in [2.75, 3.05) is 17.8 Å². The van der Waals surface area contributed by atoms with Crippen molar-refractivity contribution >= 4 is 40.8 Å². The zero-order chi connectivity index (χ0) is 33.0. The highest BCUT2D eigenvalue weighted by Gasteiger charge is 2.33. The Kier molecular flexibility index (Phi) is 9.41. The number of aryl methyl sites for hydroxylation is 1. The monoisotopic (exact) mass is 651 g/mol. The van der Waals surface area contributed by atoms with Gasteiger partial charge in [0.05, 0.1) is 30.5 Å². The van der Waals surface area contributed by atoms with Crippen molar-refractivity contribution < 1.29 is 32.2 Å². The van der Waals surface area contributed by atoms with Gasteiger partial charge in [0.25, 0.3) is 0 Å². The van der Waals surface area contributed by atoms with Gasteiger partial charge in [0, 0.05) is 11.6 Å². The van der Waals surface area contributed by atoms with Gasteiger partial charge in [-0.3, -0.25) is 9.69 Å². The molecule has 1 fully saturated rings. The van der Waals surface area contributed by atoms with Crippen LogP contribution in [0.25, 0.3) is 17.1 Å². The second kappa shape index (κ2) is 13.4. The summed E-state index contributed by atoms with van der Waals surface area (Å²) in [4.78, 5) is 35.3. The van der Waals surface area contributed by atoms with E-state index >= 15 is 0 Å². The van der Waals surface area contributed by atoms with E-state index < -0.39 is 12.4 Å². The second-order valence-corrected chi connectivity index (χ2v) is 11.2. The number of halogens is 3. The van der Waals surface area contributed by atoms with E-state index in [9.17, 15) is 22.8 Å². The quantitative estimate of drug-likeness (QED) is 0.172. The highest BCUT2D eigenvalue weighted by Crippen LogP contribution is 2.36. The fourth-order valence-corrected chi connectivity index (χ4v) is 5.42. The number of hydrazone groups is 1. The van der Waals surface area contributed by atoms with Crippen LogP contribution in [0.2, 0.25) is 0 Å². The van der Waals surface area contributed by atoms with E-state index in [1.807, 2.05) is 39.0 Å². The van der Waals surface area contributed by atoms with Gasteiger partial charge in [-0.25, -0.2) is 19.9 Å². The molecule has 1 aromatic heterocycles. The molecule has 15 heteroatoms. The van der Waals surface area contributed by atoms with Gasteiger partial charge in [0.2, 0.25) is 5.91 Å². The Balaban J connectivity index is 1.25. The molecule has 3 amide bonds. The van der Waals surface area contributed by atoms with Crippen LogP contribution in [-0.4, -0.2) is 57.3 Å². The molecule has 0 radical (unpaired) electrons. The first-order chi connectivity index (χ1) is 21.9. The predicted molar refractivity (Wildman–Crippen MR) is 169 cm³/mol. The number of thioether (sulfide) groups is 1. The fourth-order valence-electron chi connectivity index (χ4n) is 4.56. The van der Waals surface area contributed by atoms with Crippen LogP contribution in [0.15, 0.2) is 77.1 Å². The smallest absolute Gasteiger partial charge is 0.497 e. The molecule has 3 aromatic carbocycles. The van der Waals surface area contributed by atoms with Gasteiger partial charge < -0.3 is 9.47 Å². The normalized spacial score (nSPS) is 14.5. The molecular weight excluding hydrogens is 623 g/mol. The SMILES string of the molecule is COc1ccc(C(C)C)c(N2C(=O)CSC2=NC(=O)N/N=C/c2ccc(-c3ncn(-c4ccc(OC(F)(F)F)cc4)n3)cc2C)c1. The standard InChI is InChI=1S/C31H28F3N7O4S/c1-18(2)25-12-11-24(44-4)14-26(25)41-27(42)16-46-30(41)37-29(43)38-36-15-21-6-5-20(13-19(21)3)28-35-17-40(39-28)22-7-9-23(10-8-22)45-31(32,33)34/h5-15,17-18H,16H2,1-4H3,(H,38,43)/b36-15+,37-30?. The number of amidine groups is 1. The van der Waals surface area contributed by atoms with E-state index in [1.54, 1.807) is 25.3 Å². The number of rotatable bonds is 8. The van der Waals surface area contributed by atoms with Crippen molar-refractivity contribution in [3.05, 3.63) is 83.7 Å². The van der Waals surface area contributed by atoms with E-state index in [1.165, 1.54) is 46.4 Å². The molecule has 1 N–H and O–H groups in total. The number of aliphatic imine (C=N–C) groups is 1. The molecule has 5 rings (SSSR count). The number of methoxy groups -OCH3 is 1. The highest BCUT2D eigenvalue weighted by molar-refractivity contribution is 8.15. The molecule has 0 bridgehead atoms. The molecule has 2 heterocycles. The Hall–Kier alpha value is -5.18. The Morgan fingerprint density at radius 2 is 1.83 bits per heavy atom. The van der Waals surface area contributed by atoms with Crippen LogP contribution >= 0.6 is 11.8 Å². The van der Waals surface area contributed by atoms with E-state index in [0.717, 1.165) is 22.9 Å². The van der Waals surface area contributed by atoms with Gasteiger partial charge in [-0.2, -0.15) is 10.1 Å². The topological polar surface area (TPSA) is 123 Å². The van der Waals surface area contributed by atoms with Crippen LogP contribution < -0.4 is 19.8 Å². The molecule has 1 aliphatic rings. The Morgan fingerprint density at radius 3 is 2.50 bits per heavy atom. The Bertz CT molecular complexity index is 1820. The number of hydrogen-bond donors (Lipinski definition) is 1. The summed E-state index contributed by atoms with van der Waals surface area (Å²) >= 11 is 1.16. The third-order valence-corrected chi connectivity index (χ3v) is 7.71. The Morgan fingerprint density at radius 1 is 1.09 bits per heavy atom. The average Bonchev–Trinajstić information content (AvgIpc) is 3.64. The fraction of sp³-hybridized carbons (Fsp3) is 0.226. The number of anilines is 1. The van der Waals surface area contributed by atoms with E-state index in [0.29, 0.717) is 34.1 Å². The molecule has 238 valence electrons. The second-order valence-electron chi connectivity index (χ2n) is 10.3. The molecule has 4 aromatic rings. The van der Waals surface area contributed by atoms with Crippen molar-refractivity contribution in [1.29, 1.82) is 0 Å². The van der Waals surface area contributed by atoms with Gasteiger partial charge >= 0.3 is 12.4 Å². The van der Waals surface area contributed by atoms with Gasteiger partial charge in [-0.1, -0.05) is 43.8 Å². The summed E-state index contributed by atoms with van der Waals surface area (Å²) in [6.45, 7) is 5.87. The maximum Gasteiger partial charge on any atom is 0.573 e. The van der Waals surface area contributed by atoms with Crippen LogP contribution in [0.5, 0.6) is 11.5 Å². The van der Waals surface area contributed by atoms with Crippen LogP contribution in [0, 0.1) is 6.92 Å². The summed E-state index contributed by atoms with van der Waals surface area (Å²) in [5.41, 5.74) is 6.63. The first-order valence-electron chi connectivity index (χ1n) is 13.9. The van der Waals surface area contributed by atoms with Crippen LogP contribution in [0.4, 0.5) is 23.7 Å². The van der Waals surface area contributed by atoms with Gasteiger partial charge in [-0.15, -0.1) is 18.3 Å². The van der Waals surface area contributed by atoms with Crippen molar-refractivity contribution in [3.63, 3.8) is 0 Å². The summed E-state index contributed by atoms with van der Waals surface area (Å²) in [5, 5.41) is 8.69. The van der Waals surface area contributed by atoms with Crippen LogP contribution in [0.1, 0.15) is 36.5 Å². The van der Waals surface area contributed by atoms with Gasteiger partial charge in [0.1, 0.15) is 17.8 Å². The number of benzene rings is 3. The summed E-state index contributed by atoms with van der Waals surface area (Å²) < 4.78 is 48.0. The van der Waals surface area contributed by atoms with Crippen molar-refractivity contribution in [3.8, 4) is 28.6 Å². The zero-order valence-corrected chi connectivity index (χ0v) is 25.9. The minimum absolute atomic E-state index is 0.114. The molecule has 1 saturated heterocycles. The average molecular weight is 652 g/mol. The lowest BCUT2D eigenvalue weighted by Crippen LogP contribution is -2.31. The summed E-state index contributed by atoms with van der Waals surface area (Å²) in [5.74, 6) is 0.705. The lowest BCUT2D eigenvalue weighted by Gasteiger charge is -2.22. The molecule has 11 nitrogen and oxygen atoms in total. The summed E-state index contributed by atoms with van der Waals surface area (Å²) in [6, 6.07) is 15.4. The number of ether oxygens (including phenoxy) is 2. The number of carbonyl (C=O) groups excluding carboxylic acids is 2. The van der Waals surface area contributed by atoms with Crippen molar-refractivity contribution in [2.24, 2.45) is 10.1 Å². The van der Waals surface area contributed by atoms with E-state index in [2.05, 4.69) is 30.3 Å². The Labute approximate surface area is 266 Å². The maximum atomic E-state index is 12.8. The van der Waals surface area contributed by atoms with Gasteiger partial charge in [0.15, 0.2) is 11.0 Å². The summed E-state index contributed by atoms with van der Waals surface area (Å²) in [6.07, 6.45) is -1.85. The number of carbonyl (C=O) groups is 2. The number of urea groups is 1. The van der Waals surface area contributed by atoms with E-state index in [4.69, 9.17) is 4.74 Å². The maximum absolute atomic E-state index is 12.8. The first-order valence-corrected chi connectivity index (χ1v) is 14.8. The number of nitrogens with one attached hydrogen (secondary N) is 1. The molecule has 0 spiro atoms. The molecule has 1 aliphatic heterocycles. The van der Waals surface area contributed by atoms with E-state index in [-0.39, 0.29) is 28.5 Å². The van der Waals surface area contributed by atoms with Crippen LogP contribution in [0.3, 0.4) is 0 Å². The minimum atomic E-state index is -4.77. The van der Waals surface area contributed by atoms with Crippen molar-refractivity contribution in [1.82, 2.24) is 20.2 Å². The first kappa shape index (κ1) is 32.2. The molecule has 0 saturated carbocycles. The number of alkyl halides is 3. The highest BCUT2D eigenvalue weighted by atomic mass is 32.2. The predicted octanol–water partition coefficient (Wildman–Crippen LogP) is 6.45. The molecule has 0 unspecified atom stereocenters. The third kappa shape index (κ3) is 7.54. The van der Waals surface area contributed by atoms with Crippen LogP contribution in [-0.2, 0) is 4.79 Å². The lowest BCUT2D eigenvalue weighted by molar-refractivity contribution is -0.274. The number of aromatic nitrogens is 3. The third-order valence-electron chi connectivity index (χ3n) is 6.78. The molecule has 0 aliphatic carbocycles. The molecular formula is C31H28F3N7O4S.